The van der Waals surface area contributed by atoms with Crippen LogP contribution in [0.4, 0.5) is 11.4 Å². The average molecular weight is 332 g/mol. The number of nitrogens with two attached hydrogens (primary N) is 1. The van der Waals surface area contributed by atoms with Crippen LogP contribution in [0.3, 0.4) is 0 Å². The summed E-state index contributed by atoms with van der Waals surface area (Å²) < 4.78 is 1.15. The largest absolute Gasteiger partial charge is 0.399 e. The molecule has 0 bridgehead atoms. The first-order chi connectivity index (χ1) is 7.24. The molecule has 4 heteroatoms. The smallest absolute Gasteiger partial charge is 0.0545 e. The topological polar surface area (TPSA) is 38.0 Å². The summed E-state index contributed by atoms with van der Waals surface area (Å²) >= 11 is 4.03. The predicted octanol–water partition coefficient (Wildman–Crippen LogP) is 2.65. The monoisotopic (exact) mass is 332 g/mol. The van der Waals surface area contributed by atoms with Crippen LogP contribution in [0, 0.1) is 15.9 Å². The zero-order valence-electron chi connectivity index (χ0n) is 8.29. The predicted molar refractivity (Wildman–Crippen MR) is 78.2 cm³/mol. The van der Waals surface area contributed by atoms with Crippen molar-refractivity contribution in [3.05, 3.63) is 21.8 Å². The first-order valence-electron chi connectivity index (χ1n) is 4.54. The van der Waals surface area contributed by atoms with Gasteiger partial charge < -0.3 is 11.1 Å². The van der Waals surface area contributed by atoms with Crippen LogP contribution in [0.15, 0.2) is 18.2 Å². The van der Waals surface area contributed by atoms with E-state index in [0.29, 0.717) is 0 Å². The molecule has 0 spiro atoms. The van der Waals surface area contributed by atoms with Crippen molar-refractivity contribution in [2.45, 2.75) is 0 Å². The molecule has 1 aromatic carbocycles. The zero-order chi connectivity index (χ0) is 11.1. The molecule has 0 aliphatic heterocycles. The van der Waals surface area contributed by atoms with Gasteiger partial charge in [0.05, 0.1) is 5.75 Å². The zero-order valence-corrected chi connectivity index (χ0v) is 11.3. The summed E-state index contributed by atoms with van der Waals surface area (Å²) in [4.78, 5) is 0. The molecule has 0 radical (unpaired) electrons. The second-order valence-corrected chi connectivity index (χ2v) is 5.19. The molecule has 0 fully saturated rings. The summed E-state index contributed by atoms with van der Waals surface area (Å²) in [5.41, 5.74) is 7.59. The third-order valence-electron chi connectivity index (χ3n) is 1.74. The van der Waals surface area contributed by atoms with Gasteiger partial charge in [-0.2, -0.15) is 0 Å². The van der Waals surface area contributed by atoms with E-state index in [0.717, 1.165) is 33.0 Å². The number of rotatable bonds is 5. The number of halogens is 1. The minimum absolute atomic E-state index is 0.778. The van der Waals surface area contributed by atoms with E-state index in [1.54, 1.807) is 11.8 Å². The number of nitrogen functional groups attached to an aromatic ring is 1. The van der Waals surface area contributed by atoms with Gasteiger partial charge in [-0.3, -0.25) is 0 Å². The lowest BCUT2D eigenvalue weighted by molar-refractivity contribution is 1.22. The molecule has 0 saturated heterocycles. The molecule has 1 rings (SSSR count). The van der Waals surface area contributed by atoms with Gasteiger partial charge in [-0.15, -0.1) is 18.2 Å². The Morgan fingerprint density at radius 3 is 3.00 bits per heavy atom. The summed E-state index contributed by atoms with van der Waals surface area (Å²) in [5.74, 6) is 4.40. The van der Waals surface area contributed by atoms with Crippen molar-refractivity contribution >= 4 is 45.7 Å². The molecule has 0 atom stereocenters. The third-order valence-corrected chi connectivity index (χ3v) is 3.50. The molecular formula is C11H13IN2S. The Morgan fingerprint density at radius 2 is 2.33 bits per heavy atom. The van der Waals surface area contributed by atoms with Crippen molar-refractivity contribution < 1.29 is 0 Å². The van der Waals surface area contributed by atoms with Crippen molar-refractivity contribution in [3.8, 4) is 12.3 Å². The highest BCUT2D eigenvalue weighted by atomic mass is 127. The number of anilines is 2. The molecule has 80 valence electrons. The maximum absolute atomic E-state index is 5.66. The minimum atomic E-state index is 0.778. The number of hydrogen-bond donors (Lipinski definition) is 2. The van der Waals surface area contributed by atoms with Crippen LogP contribution in [-0.2, 0) is 0 Å². The highest BCUT2D eigenvalue weighted by Gasteiger charge is 1.98. The molecule has 1 aromatic rings. The lowest BCUT2D eigenvalue weighted by atomic mass is 10.3. The van der Waals surface area contributed by atoms with Gasteiger partial charge in [-0.05, 0) is 40.8 Å². The highest BCUT2D eigenvalue weighted by molar-refractivity contribution is 14.1. The fourth-order valence-corrected chi connectivity index (χ4v) is 2.30. The highest BCUT2D eigenvalue weighted by Crippen LogP contribution is 2.20. The molecule has 2 nitrogen and oxygen atoms in total. The van der Waals surface area contributed by atoms with Crippen molar-refractivity contribution in [1.82, 2.24) is 0 Å². The van der Waals surface area contributed by atoms with E-state index in [1.165, 1.54) is 0 Å². The molecule has 0 aliphatic carbocycles. The van der Waals surface area contributed by atoms with Gasteiger partial charge in [-0.25, -0.2) is 0 Å². The maximum atomic E-state index is 5.66. The molecule has 0 saturated carbocycles. The summed E-state index contributed by atoms with van der Waals surface area (Å²) in [7, 11) is 0. The van der Waals surface area contributed by atoms with Gasteiger partial charge in [0.2, 0.25) is 0 Å². The first kappa shape index (κ1) is 12.5. The van der Waals surface area contributed by atoms with E-state index in [-0.39, 0.29) is 0 Å². The number of hydrogen-bond acceptors (Lipinski definition) is 3. The van der Waals surface area contributed by atoms with Crippen molar-refractivity contribution in [3.63, 3.8) is 0 Å². The SMILES string of the molecule is C#CCSCCNc1ccc(N)cc1I. The minimum Gasteiger partial charge on any atom is -0.399 e. The quantitative estimate of drug-likeness (QED) is 0.377. The molecule has 3 N–H and O–H groups in total. The fraction of sp³-hybridized carbons (Fsp3) is 0.273. The molecule has 0 aliphatic rings. The number of benzene rings is 1. The van der Waals surface area contributed by atoms with E-state index in [9.17, 15) is 0 Å². The number of terminal acetylenes is 1. The van der Waals surface area contributed by atoms with E-state index in [2.05, 4.69) is 33.8 Å². The van der Waals surface area contributed by atoms with E-state index >= 15 is 0 Å². The van der Waals surface area contributed by atoms with Crippen LogP contribution in [0.5, 0.6) is 0 Å². The molecular weight excluding hydrogens is 319 g/mol. The lowest BCUT2D eigenvalue weighted by Crippen LogP contribution is -2.05. The van der Waals surface area contributed by atoms with E-state index < -0.39 is 0 Å². The van der Waals surface area contributed by atoms with Gasteiger partial charge in [0.15, 0.2) is 0 Å². The number of nitrogens with one attached hydrogen (secondary N) is 1. The lowest BCUT2D eigenvalue weighted by Gasteiger charge is -2.08. The molecule has 15 heavy (non-hydrogen) atoms. The van der Waals surface area contributed by atoms with Crippen LogP contribution in [0.1, 0.15) is 0 Å². The summed E-state index contributed by atoms with van der Waals surface area (Å²) in [5, 5.41) is 3.35. The molecule has 0 aromatic heterocycles. The Labute approximate surface area is 109 Å². The Hall–Kier alpha value is -0.540. The first-order valence-corrected chi connectivity index (χ1v) is 6.77. The van der Waals surface area contributed by atoms with Gasteiger partial charge >= 0.3 is 0 Å². The average Bonchev–Trinajstić information content (AvgIpc) is 2.20. The van der Waals surface area contributed by atoms with Crippen LogP contribution < -0.4 is 11.1 Å². The van der Waals surface area contributed by atoms with Gasteiger partial charge in [-0.1, -0.05) is 5.92 Å². The fourth-order valence-electron chi connectivity index (χ4n) is 1.06. The van der Waals surface area contributed by atoms with Crippen LogP contribution in [0.2, 0.25) is 0 Å². The summed E-state index contributed by atoms with van der Waals surface area (Å²) in [6.07, 6.45) is 5.16. The summed E-state index contributed by atoms with van der Waals surface area (Å²) in [6, 6.07) is 5.86. The van der Waals surface area contributed by atoms with E-state index in [4.69, 9.17) is 12.2 Å². The maximum Gasteiger partial charge on any atom is 0.0545 e. The molecule has 0 amide bonds. The van der Waals surface area contributed by atoms with E-state index in [1.807, 2.05) is 18.2 Å². The van der Waals surface area contributed by atoms with Crippen molar-refractivity contribution in [2.75, 3.05) is 29.1 Å². The van der Waals surface area contributed by atoms with Gasteiger partial charge in [0.25, 0.3) is 0 Å². The Morgan fingerprint density at radius 1 is 1.53 bits per heavy atom. The molecule has 0 unspecified atom stereocenters. The Bertz CT molecular complexity index is 360. The Kier molecular flexibility index (Phi) is 5.73. The normalized spacial score (nSPS) is 9.60. The van der Waals surface area contributed by atoms with Gasteiger partial charge in [0.1, 0.15) is 0 Å². The standard InChI is InChI=1S/C11H13IN2S/c1-2-6-15-7-5-14-11-4-3-9(13)8-10(11)12/h1,3-4,8,14H,5-7,13H2. The van der Waals surface area contributed by atoms with Crippen molar-refractivity contribution in [1.29, 1.82) is 0 Å². The van der Waals surface area contributed by atoms with Crippen LogP contribution in [-0.4, -0.2) is 18.1 Å². The van der Waals surface area contributed by atoms with Crippen molar-refractivity contribution in [2.24, 2.45) is 0 Å². The van der Waals surface area contributed by atoms with Crippen LogP contribution >= 0.6 is 34.4 Å². The third kappa shape index (κ3) is 4.67. The Balaban J connectivity index is 2.35. The van der Waals surface area contributed by atoms with Crippen LogP contribution in [0.25, 0.3) is 0 Å². The molecule has 0 heterocycles. The summed E-state index contributed by atoms with van der Waals surface area (Å²) in [6.45, 7) is 0.923. The number of thioether (sulfide) groups is 1. The second kappa shape index (κ2) is 6.85. The van der Waals surface area contributed by atoms with Gasteiger partial charge in [0, 0.05) is 27.2 Å². The second-order valence-electron chi connectivity index (χ2n) is 2.92.